The van der Waals surface area contributed by atoms with E-state index in [0.29, 0.717) is 39.9 Å². The number of H-pyrrole nitrogens is 1. The number of methoxy groups -OCH3 is 2. The molecule has 8 nitrogen and oxygen atoms in total. The summed E-state index contributed by atoms with van der Waals surface area (Å²) in [5, 5.41) is 3.32. The van der Waals surface area contributed by atoms with Crippen LogP contribution >= 0.6 is 11.8 Å². The Hall–Kier alpha value is -2.94. The minimum absolute atomic E-state index is 0.108. The standard InChI is InChI=1S/C19H22N4O4S/c1-5-23-18(25)17-14(8-11(2)20-17)22-19(23)28-10-16(24)21-13-7-6-12(26-3)9-15(13)27-4/h6-9,20H,5,10H2,1-4H3,(H,21,24). The van der Waals surface area contributed by atoms with Gasteiger partial charge < -0.3 is 19.8 Å². The van der Waals surface area contributed by atoms with Gasteiger partial charge in [0.15, 0.2) is 5.16 Å². The van der Waals surface area contributed by atoms with Crippen LogP contribution in [0.25, 0.3) is 11.0 Å². The molecule has 0 fully saturated rings. The van der Waals surface area contributed by atoms with E-state index in [1.807, 2.05) is 19.9 Å². The number of rotatable bonds is 7. The van der Waals surface area contributed by atoms with Crippen LogP contribution < -0.4 is 20.3 Å². The van der Waals surface area contributed by atoms with Crippen molar-refractivity contribution in [3.8, 4) is 11.5 Å². The first-order valence-corrected chi connectivity index (χ1v) is 9.70. The molecule has 3 rings (SSSR count). The average Bonchev–Trinajstić information content (AvgIpc) is 3.07. The number of fused-ring (bicyclic) bond motifs is 1. The van der Waals surface area contributed by atoms with E-state index in [1.54, 1.807) is 29.9 Å². The summed E-state index contributed by atoms with van der Waals surface area (Å²) in [5.74, 6) is 1.02. The predicted octanol–water partition coefficient (Wildman–Crippen LogP) is 2.80. The Morgan fingerprint density at radius 3 is 2.75 bits per heavy atom. The predicted molar refractivity (Wildman–Crippen MR) is 110 cm³/mol. The molecule has 0 spiro atoms. The van der Waals surface area contributed by atoms with Gasteiger partial charge in [-0.05, 0) is 32.0 Å². The van der Waals surface area contributed by atoms with Crippen LogP contribution in [0.1, 0.15) is 12.6 Å². The third kappa shape index (κ3) is 3.99. The van der Waals surface area contributed by atoms with Gasteiger partial charge in [0.2, 0.25) is 5.91 Å². The number of anilines is 1. The van der Waals surface area contributed by atoms with Gasteiger partial charge >= 0.3 is 0 Å². The largest absolute Gasteiger partial charge is 0.497 e. The van der Waals surface area contributed by atoms with Crippen molar-refractivity contribution in [1.29, 1.82) is 0 Å². The summed E-state index contributed by atoms with van der Waals surface area (Å²) < 4.78 is 12.0. The molecule has 0 saturated carbocycles. The lowest BCUT2D eigenvalue weighted by molar-refractivity contribution is -0.113. The zero-order valence-corrected chi connectivity index (χ0v) is 17.0. The number of ether oxygens (including phenoxy) is 2. The van der Waals surface area contributed by atoms with Crippen molar-refractivity contribution >= 4 is 34.4 Å². The Morgan fingerprint density at radius 2 is 2.07 bits per heavy atom. The number of benzene rings is 1. The molecule has 0 bridgehead atoms. The van der Waals surface area contributed by atoms with Gasteiger partial charge in [-0.2, -0.15) is 0 Å². The van der Waals surface area contributed by atoms with E-state index in [0.717, 1.165) is 5.69 Å². The van der Waals surface area contributed by atoms with Crippen LogP contribution in [0.5, 0.6) is 11.5 Å². The molecule has 1 amide bonds. The van der Waals surface area contributed by atoms with Crippen LogP contribution in [0, 0.1) is 6.92 Å². The van der Waals surface area contributed by atoms with Crippen LogP contribution in [0.3, 0.4) is 0 Å². The van der Waals surface area contributed by atoms with Crippen molar-refractivity contribution in [2.24, 2.45) is 0 Å². The maximum Gasteiger partial charge on any atom is 0.278 e. The summed E-state index contributed by atoms with van der Waals surface area (Å²) in [5.41, 5.74) is 2.36. The third-order valence-electron chi connectivity index (χ3n) is 4.17. The van der Waals surface area contributed by atoms with Crippen LogP contribution in [-0.2, 0) is 11.3 Å². The minimum Gasteiger partial charge on any atom is -0.497 e. The molecule has 0 aliphatic heterocycles. The molecule has 0 atom stereocenters. The molecule has 0 aliphatic carbocycles. The maximum absolute atomic E-state index is 12.6. The Kier molecular flexibility index (Phi) is 5.93. The fourth-order valence-corrected chi connectivity index (χ4v) is 3.68. The molecular weight excluding hydrogens is 380 g/mol. The topological polar surface area (TPSA) is 98.2 Å². The lowest BCUT2D eigenvalue weighted by atomic mass is 10.2. The monoisotopic (exact) mass is 402 g/mol. The van der Waals surface area contributed by atoms with E-state index < -0.39 is 0 Å². The van der Waals surface area contributed by atoms with Crippen molar-refractivity contribution in [3.05, 3.63) is 40.3 Å². The SMILES string of the molecule is CCn1c(SCC(=O)Nc2ccc(OC)cc2OC)nc2cc(C)[nH]c2c1=O. The highest BCUT2D eigenvalue weighted by molar-refractivity contribution is 7.99. The number of nitrogens with zero attached hydrogens (tertiary/aromatic N) is 2. The Bertz CT molecular complexity index is 1070. The maximum atomic E-state index is 12.6. The summed E-state index contributed by atoms with van der Waals surface area (Å²) in [6, 6.07) is 6.98. The lowest BCUT2D eigenvalue weighted by Crippen LogP contribution is -2.23. The number of carbonyl (C=O) groups excluding carboxylic acids is 1. The summed E-state index contributed by atoms with van der Waals surface area (Å²) in [6.45, 7) is 4.22. The van der Waals surface area contributed by atoms with Gasteiger partial charge in [-0.25, -0.2) is 4.98 Å². The summed E-state index contributed by atoms with van der Waals surface area (Å²) in [4.78, 5) is 32.6. The molecule has 2 N–H and O–H groups in total. The van der Waals surface area contributed by atoms with Gasteiger partial charge in [-0.15, -0.1) is 0 Å². The number of nitrogens with one attached hydrogen (secondary N) is 2. The highest BCUT2D eigenvalue weighted by Crippen LogP contribution is 2.29. The zero-order valence-electron chi connectivity index (χ0n) is 16.2. The fraction of sp³-hybridized carbons (Fsp3) is 0.316. The molecule has 0 radical (unpaired) electrons. The van der Waals surface area contributed by atoms with Crippen molar-refractivity contribution in [2.45, 2.75) is 25.5 Å². The Labute approximate surface area is 166 Å². The first-order chi connectivity index (χ1) is 13.5. The summed E-state index contributed by atoms with van der Waals surface area (Å²) in [6.07, 6.45) is 0. The summed E-state index contributed by atoms with van der Waals surface area (Å²) in [7, 11) is 3.09. The smallest absolute Gasteiger partial charge is 0.278 e. The molecule has 9 heteroatoms. The Morgan fingerprint density at radius 1 is 1.29 bits per heavy atom. The number of thioether (sulfide) groups is 1. The van der Waals surface area contributed by atoms with Crippen LogP contribution in [0.15, 0.2) is 34.2 Å². The highest BCUT2D eigenvalue weighted by Gasteiger charge is 2.15. The van der Waals surface area contributed by atoms with Crippen LogP contribution in [0.4, 0.5) is 5.69 Å². The third-order valence-corrected chi connectivity index (χ3v) is 5.15. The molecule has 0 aliphatic rings. The molecule has 28 heavy (non-hydrogen) atoms. The van der Waals surface area contributed by atoms with Crippen LogP contribution in [0.2, 0.25) is 0 Å². The normalized spacial score (nSPS) is 10.9. The average molecular weight is 402 g/mol. The van der Waals surface area contributed by atoms with Gasteiger partial charge in [0, 0.05) is 18.3 Å². The highest BCUT2D eigenvalue weighted by atomic mass is 32.2. The second kappa shape index (κ2) is 8.39. The molecule has 3 aromatic rings. The zero-order chi connectivity index (χ0) is 20.3. The molecule has 2 heterocycles. The number of hydrogen-bond acceptors (Lipinski definition) is 6. The van der Waals surface area contributed by atoms with E-state index in [1.165, 1.54) is 18.9 Å². The van der Waals surface area contributed by atoms with Gasteiger partial charge in [0.05, 0.1) is 31.2 Å². The first-order valence-electron chi connectivity index (χ1n) is 8.71. The van der Waals surface area contributed by atoms with Gasteiger partial charge in [0.25, 0.3) is 5.56 Å². The summed E-state index contributed by atoms with van der Waals surface area (Å²) >= 11 is 1.22. The van der Waals surface area contributed by atoms with Crippen molar-refractivity contribution in [2.75, 3.05) is 25.3 Å². The first kappa shape index (κ1) is 19.8. The van der Waals surface area contributed by atoms with Gasteiger partial charge in [-0.3, -0.25) is 14.2 Å². The number of carbonyl (C=O) groups is 1. The number of aryl methyl sites for hydroxylation is 1. The van der Waals surface area contributed by atoms with Gasteiger partial charge in [-0.1, -0.05) is 11.8 Å². The molecule has 2 aromatic heterocycles. The molecular formula is C19H22N4O4S. The molecule has 148 valence electrons. The van der Waals surface area contributed by atoms with Gasteiger partial charge in [0.1, 0.15) is 17.0 Å². The van der Waals surface area contributed by atoms with Crippen molar-refractivity contribution < 1.29 is 14.3 Å². The van der Waals surface area contributed by atoms with E-state index >= 15 is 0 Å². The fourth-order valence-electron chi connectivity index (χ4n) is 2.82. The van der Waals surface area contributed by atoms with Crippen LogP contribution in [-0.4, -0.2) is 40.4 Å². The number of aromatic nitrogens is 3. The van der Waals surface area contributed by atoms with E-state index in [9.17, 15) is 9.59 Å². The number of amides is 1. The quantitative estimate of drug-likeness (QED) is 0.466. The second-order valence-electron chi connectivity index (χ2n) is 6.06. The second-order valence-corrected chi connectivity index (χ2v) is 7.00. The van der Waals surface area contributed by atoms with E-state index in [2.05, 4.69) is 15.3 Å². The molecule has 1 aromatic carbocycles. The molecule has 0 saturated heterocycles. The van der Waals surface area contributed by atoms with E-state index in [-0.39, 0.29) is 17.2 Å². The van der Waals surface area contributed by atoms with E-state index in [4.69, 9.17) is 9.47 Å². The molecule has 0 unspecified atom stereocenters. The minimum atomic E-state index is -0.226. The number of hydrogen-bond donors (Lipinski definition) is 2. The van der Waals surface area contributed by atoms with Crippen molar-refractivity contribution in [3.63, 3.8) is 0 Å². The lowest BCUT2D eigenvalue weighted by Gasteiger charge is -2.12. The van der Waals surface area contributed by atoms with Crippen molar-refractivity contribution in [1.82, 2.24) is 14.5 Å². The number of aromatic amines is 1. The Balaban J connectivity index is 1.77.